The highest BCUT2D eigenvalue weighted by molar-refractivity contribution is 8.00. The van der Waals surface area contributed by atoms with Gasteiger partial charge in [0.15, 0.2) is 11.5 Å². The molecule has 2 N–H and O–H groups in total. The molecule has 9 heteroatoms. The van der Waals surface area contributed by atoms with Crippen LogP contribution in [0.25, 0.3) is 0 Å². The Hall–Kier alpha value is -2.23. The van der Waals surface area contributed by atoms with Gasteiger partial charge in [0.25, 0.3) is 0 Å². The van der Waals surface area contributed by atoms with Crippen molar-refractivity contribution in [1.82, 2.24) is 4.72 Å². The van der Waals surface area contributed by atoms with Gasteiger partial charge in [0.2, 0.25) is 15.9 Å². The molecule has 1 fully saturated rings. The highest BCUT2D eigenvalue weighted by atomic mass is 32.2. The van der Waals surface area contributed by atoms with E-state index in [4.69, 9.17) is 9.47 Å². The van der Waals surface area contributed by atoms with Crippen LogP contribution in [-0.4, -0.2) is 40.3 Å². The second-order valence-electron chi connectivity index (χ2n) is 7.26. The normalized spacial score (nSPS) is 14.4. The van der Waals surface area contributed by atoms with Gasteiger partial charge in [-0.2, -0.15) is 0 Å². The maximum atomic E-state index is 12.5. The van der Waals surface area contributed by atoms with E-state index >= 15 is 0 Å². The first-order valence-electron chi connectivity index (χ1n) is 10.2. The average Bonchev–Trinajstić information content (AvgIpc) is 3.27. The largest absolute Gasteiger partial charge is 0.493 e. The van der Waals surface area contributed by atoms with Gasteiger partial charge in [-0.25, -0.2) is 13.1 Å². The van der Waals surface area contributed by atoms with Crippen molar-refractivity contribution in [2.75, 3.05) is 26.1 Å². The molecule has 1 aliphatic rings. The lowest BCUT2D eigenvalue weighted by molar-refractivity contribution is -0.116. The molecular formula is C22H28N2O5S2. The first kappa shape index (κ1) is 23.4. The van der Waals surface area contributed by atoms with E-state index in [9.17, 15) is 13.2 Å². The molecule has 0 radical (unpaired) electrons. The Balaban J connectivity index is 1.48. The van der Waals surface area contributed by atoms with Crippen LogP contribution in [0, 0.1) is 0 Å². The SMILES string of the molecule is COc1ccc(S(=O)(=O)NCCC(=O)Nc2ccc(SC3CCCC3)cc2)cc1OC. The zero-order valence-electron chi connectivity index (χ0n) is 17.7. The highest BCUT2D eigenvalue weighted by Crippen LogP contribution is 2.35. The summed E-state index contributed by atoms with van der Waals surface area (Å²) in [4.78, 5) is 13.4. The second kappa shape index (κ2) is 10.9. The van der Waals surface area contributed by atoms with Crippen molar-refractivity contribution < 1.29 is 22.7 Å². The van der Waals surface area contributed by atoms with Crippen LogP contribution in [-0.2, 0) is 14.8 Å². The minimum Gasteiger partial charge on any atom is -0.493 e. The van der Waals surface area contributed by atoms with Gasteiger partial charge in [-0.05, 0) is 49.2 Å². The van der Waals surface area contributed by atoms with Crippen LogP contribution in [0.4, 0.5) is 5.69 Å². The zero-order chi connectivity index (χ0) is 22.3. The third-order valence-corrected chi connectivity index (χ3v) is 7.86. The van der Waals surface area contributed by atoms with Crippen molar-refractivity contribution in [3.8, 4) is 11.5 Å². The Bertz CT molecular complexity index is 987. The number of nitrogens with one attached hydrogen (secondary N) is 2. The molecule has 168 valence electrons. The predicted octanol–water partition coefficient (Wildman–Crippen LogP) is 4.05. The minimum absolute atomic E-state index is 0.0157. The molecule has 1 aliphatic carbocycles. The number of anilines is 1. The van der Waals surface area contributed by atoms with Gasteiger partial charge in [-0.1, -0.05) is 12.8 Å². The molecule has 1 saturated carbocycles. The van der Waals surface area contributed by atoms with Crippen LogP contribution in [0.3, 0.4) is 0 Å². The van der Waals surface area contributed by atoms with Gasteiger partial charge < -0.3 is 14.8 Å². The quantitative estimate of drug-likeness (QED) is 0.551. The standard InChI is InChI=1S/C22H28N2O5S2/c1-28-20-12-11-19(15-21(20)29-2)31(26,27)23-14-13-22(25)24-16-7-9-18(10-8-16)30-17-5-3-4-6-17/h7-12,15,17,23H,3-6,13-14H2,1-2H3,(H,24,25). The van der Waals surface area contributed by atoms with E-state index < -0.39 is 10.0 Å². The van der Waals surface area contributed by atoms with E-state index in [1.54, 1.807) is 0 Å². The van der Waals surface area contributed by atoms with Crippen molar-refractivity contribution in [2.45, 2.75) is 47.1 Å². The molecule has 2 aromatic rings. The molecule has 2 aromatic carbocycles. The van der Waals surface area contributed by atoms with Crippen LogP contribution in [0.15, 0.2) is 52.3 Å². The third kappa shape index (κ3) is 6.62. The summed E-state index contributed by atoms with van der Waals surface area (Å²) in [6.45, 7) is -0.0157. The van der Waals surface area contributed by atoms with Crippen molar-refractivity contribution in [3.63, 3.8) is 0 Å². The summed E-state index contributed by atoms with van der Waals surface area (Å²) in [6.07, 6.45) is 5.17. The number of hydrogen-bond donors (Lipinski definition) is 2. The van der Waals surface area contributed by atoms with Crippen molar-refractivity contribution >= 4 is 33.4 Å². The summed E-state index contributed by atoms with van der Waals surface area (Å²) in [5.74, 6) is 0.498. The minimum atomic E-state index is -3.77. The Morgan fingerprint density at radius 3 is 2.35 bits per heavy atom. The number of sulfonamides is 1. The van der Waals surface area contributed by atoms with Gasteiger partial charge >= 0.3 is 0 Å². The number of hydrogen-bond acceptors (Lipinski definition) is 6. The summed E-state index contributed by atoms with van der Waals surface area (Å²) in [5, 5.41) is 3.50. The Morgan fingerprint density at radius 1 is 1.03 bits per heavy atom. The number of benzene rings is 2. The smallest absolute Gasteiger partial charge is 0.240 e. The maximum absolute atomic E-state index is 12.5. The molecule has 0 aliphatic heterocycles. The molecule has 0 spiro atoms. The van der Waals surface area contributed by atoms with Gasteiger partial charge in [0.05, 0.1) is 19.1 Å². The molecule has 0 atom stereocenters. The zero-order valence-corrected chi connectivity index (χ0v) is 19.4. The van der Waals surface area contributed by atoms with Crippen molar-refractivity contribution in [3.05, 3.63) is 42.5 Å². The van der Waals surface area contributed by atoms with E-state index in [0.29, 0.717) is 22.4 Å². The van der Waals surface area contributed by atoms with Crippen LogP contribution in [0.2, 0.25) is 0 Å². The summed E-state index contributed by atoms with van der Waals surface area (Å²) < 4.78 is 37.7. The third-order valence-electron chi connectivity index (χ3n) is 5.05. The molecule has 0 bridgehead atoms. The Kier molecular flexibility index (Phi) is 8.22. The predicted molar refractivity (Wildman–Crippen MR) is 123 cm³/mol. The van der Waals surface area contributed by atoms with Crippen LogP contribution in [0.1, 0.15) is 32.1 Å². The lowest BCUT2D eigenvalue weighted by Gasteiger charge is -2.11. The Morgan fingerprint density at radius 2 is 1.71 bits per heavy atom. The fourth-order valence-electron chi connectivity index (χ4n) is 3.40. The summed E-state index contributed by atoms with van der Waals surface area (Å²) in [5.41, 5.74) is 0.698. The maximum Gasteiger partial charge on any atom is 0.240 e. The van der Waals surface area contributed by atoms with Gasteiger partial charge in [0, 0.05) is 34.9 Å². The van der Waals surface area contributed by atoms with E-state index in [2.05, 4.69) is 10.0 Å². The number of methoxy groups -OCH3 is 2. The first-order chi connectivity index (χ1) is 14.9. The number of ether oxygens (including phenoxy) is 2. The van der Waals surface area contributed by atoms with Gasteiger partial charge in [-0.3, -0.25) is 4.79 Å². The second-order valence-corrected chi connectivity index (χ2v) is 10.4. The van der Waals surface area contributed by atoms with Crippen molar-refractivity contribution in [2.24, 2.45) is 0 Å². The number of rotatable bonds is 10. The molecule has 31 heavy (non-hydrogen) atoms. The molecule has 7 nitrogen and oxygen atoms in total. The highest BCUT2D eigenvalue weighted by Gasteiger charge is 2.18. The van der Waals surface area contributed by atoms with Crippen LogP contribution >= 0.6 is 11.8 Å². The lowest BCUT2D eigenvalue weighted by atomic mass is 10.3. The van der Waals surface area contributed by atoms with Crippen molar-refractivity contribution in [1.29, 1.82) is 0 Å². The molecule has 0 heterocycles. The van der Waals surface area contributed by atoms with Gasteiger partial charge in [0.1, 0.15) is 0 Å². The van der Waals surface area contributed by atoms with Crippen LogP contribution in [0.5, 0.6) is 11.5 Å². The average molecular weight is 465 g/mol. The molecule has 0 saturated heterocycles. The number of thioether (sulfide) groups is 1. The fraction of sp³-hybridized carbons (Fsp3) is 0.409. The molecule has 1 amide bonds. The fourth-order valence-corrected chi connectivity index (χ4v) is 5.70. The summed E-state index contributed by atoms with van der Waals surface area (Å²) in [7, 11) is -0.858. The monoisotopic (exact) mass is 464 g/mol. The van der Waals surface area contributed by atoms with E-state index in [1.807, 2.05) is 36.0 Å². The lowest BCUT2D eigenvalue weighted by Crippen LogP contribution is -2.27. The summed E-state index contributed by atoms with van der Waals surface area (Å²) in [6, 6.07) is 12.1. The van der Waals surface area contributed by atoms with Crippen LogP contribution < -0.4 is 19.5 Å². The van der Waals surface area contributed by atoms with E-state index in [1.165, 1.54) is 63.0 Å². The van der Waals surface area contributed by atoms with E-state index in [0.717, 1.165) is 0 Å². The number of carbonyl (C=O) groups is 1. The van der Waals surface area contributed by atoms with Gasteiger partial charge in [-0.15, -0.1) is 11.8 Å². The Labute approximate surface area is 188 Å². The van der Waals surface area contributed by atoms with E-state index in [-0.39, 0.29) is 23.8 Å². The molecule has 0 aromatic heterocycles. The topological polar surface area (TPSA) is 93.7 Å². The number of amides is 1. The molecule has 3 rings (SSSR count). The summed E-state index contributed by atoms with van der Waals surface area (Å²) >= 11 is 1.89. The first-order valence-corrected chi connectivity index (χ1v) is 12.6. The molecule has 0 unspecified atom stereocenters. The molecular weight excluding hydrogens is 436 g/mol. The number of carbonyl (C=O) groups excluding carboxylic acids is 1.